The van der Waals surface area contributed by atoms with Gasteiger partial charge in [0, 0.05) is 6.42 Å². The van der Waals surface area contributed by atoms with Crippen LogP contribution in [0.2, 0.25) is 0 Å². The van der Waals surface area contributed by atoms with Gasteiger partial charge in [0.15, 0.2) is 17.1 Å². The first-order valence-electron chi connectivity index (χ1n) is 11.7. The number of allylic oxidation sites excluding steroid dienone is 3. The van der Waals surface area contributed by atoms with E-state index in [0.717, 1.165) is 25.7 Å². The van der Waals surface area contributed by atoms with Crippen LogP contribution in [0.25, 0.3) is 0 Å². The van der Waals surface area contributed by atoms with Gasteiger partial charge >= 0.3 is 0 Å². The largest absolute Gasteiger partial charge is 0.477 e. The number of Topliss-reactive ketones (excluding diaryl/α,β-unsaturated/α-hetero) is 1. The lowest BCUT2D eigenvalue weighted by atomic mass is 9.84. The van der Waals surface area contributed by atoms with E-state index in [1.807, 2.05) is 36.4 Å². The van der Waals surface area contributed by atoms with Gasteiger partial charge in [-0.2, -0.15) is 0 Å². The third kappa shape index (κ3) is 5.24. The van der Waals surface area contributed by atoms with Gasteiger partial charge in [-0.1, -0.05) is 37.6 Å². The Bertz CT molecular complexity index is 1040. The average molecular weight is 465 g/mol. The summed E-state index contributed by atoms with van der Waals surface area (Å²) < 4.78 is 18.1. The van der Waals surface area contributed by atoms with Crippen molar-refractivity contribution in [3.63, 3.8) is 0 Å². The fraction of sp³-hybridized carbons (Fsp3) is 0.385. The molecule has 0 spiro atoms. The molecule has 4 unspecified atom stereocenters. The molecule has 8 heteroatoms. The molecule has 4 rings (SSSR count). The summed E-state index contributed by atoms with van der Waals surface area (Å²) in [6.07, 6.45) is 13.6. The molecule has 2 aliphatic carbocycles. The van der Waals surface area contributed by atoms with Crippen molar-refractivity contribution in [1.82, 2.24) is 5.32 Å². The van der Waals surface area contributed by atoms with E-state index in [0.29, 0.717) is 23.7 Å². The first-order chi connectivity index (χ1) is 16.4. The molecule has 34 heavy (non-hydrogen) atoms. The summed E-state index contributed by atoms with van der Waals surface area (Å²) >= 11 is 0. The quantitative estimate of drug-likeness (QED) is 0.264. The lowest BCUT2D eigenvalue weighted by Crippen LogP contribution is -2.59. The van der Waals surface area contributed by atoms with Crippen molar-refractivity contribution in [2.75, 3.05) is 0 Å². The van der Waals surface area contributed by atoms with Gasteiger partial charge in [0.05, 0.1) is 6.04 Å². The first-order valence-corrected chi connectivity index (χ1v) is 11.7. The van der Waals surface area contributed by atoms with E-state index in [1.54, 1.807) is 18.2 Å². The van der Waals surface area contributed by atoms with Gasteiger partial charge in [-0.05, 0) is 61.3 Å². The molecule has 4 atom stereocenters. The molecule has 1 aliphatic heterocycles. The number of nitrogens with two attached hydrogens (primary N) is 2. The van der Waals surface area contributed by atoms with Crippen molar-refractivity contribution < 1.29 is 19.0 Å². The molecule has 8 nitrogen and oxygen atoms in total. The molecule has 6 N–H and O–H groups in total. The normalized spacial score (nSPS) is 28.8. The molecule has 0 saturated heterocycles. The highest BCUT2D eigenvalue weighted by Gasteiger charge is 2.48. The number of carbonyl (C=O) groups is 1. The highest BCUT2D eigenvalue weighted by Crippen LogP contribution is 2.38. The van der Waals surface area contributed by atoms with Crippen molar-refractivity contribution in [2.45, 2.75) is 63.1 Å². The van der Waals surface area contributed by atoms with Gasteiger partial charge < -0.3 is 19.9 Å². The first kappa shape index (κ1) is 23.8. The molecule has 1 aromatic rings. The van der Waals surface area contributed by atoms with Crippen LogP contribution in [0.3, 0.4) is 0 Å². The monoisotopic (exact) mass is 464 g/mol. The number of benzene rings is 1. The Labute approximate surface area is 199 Å². The SMILES string of the molecule is CCc1ccc(OC2(/C=C/C=CC(=N)N)C=CC3=C(OC(N)O3)C2NC2CCCCC2=O)cc1. The minimum atomic E-state index is -1.06. The predicted molar refractivity (Wildman–Crippen MR) is 130 cm³/mol. The topological polar surface area (TPSA) is 133 Å². The van der Waals surface area contributed by atoms with Crippen molar-refractivity contribution in [2.24, 2.45) is 11.5 Å². The van der Waals surface area contributed by atoms with Gasteiger partial charge in [-0.15, -0.1) is 0 Å². The van der Waals surface area contributed by atoms with Gasteiger partial charge in [-0.25, -0.2) is 0 Å². The second-order valence-corrected chi connectivity index (χ2v) is 8.66. The Morgan fingerprint density at radius 1 is 1.26 bits per heavy atom. The van der Waals surface area contributed by atoms with E-state index in [1.165, 1.54) is 11.6 Å². The second-order valence-electron chi connectivity index (χ2n) is 8.66. The molecule has 0 bridgehead atoms. The number of hydrogen-bond acceptors (Lipinski definition) is 7. The third-order valence-electron chi connectivity index (χ3n) is 6.23. The maximum atomic E-state index is 12.7. The average Bonchev–Trinajstić information content (AvgIpc) is 3.21. The Morgan fingerprint density at radius 2 is 2.06 bits per heavy atom. The maximum absolute atomic E-state index is 12.7. The summed E-state index contributed by atoms with van der Waals surface area (Å²) in [4.78, 5) is 12.7. The van der Waals surface area contributed by atoms with Crippen molar-refractivity contribution in [3.05, 3.63) is 77.8 Å². The predicted octanol–water partition coefficient (Wildman–Crippen LogP) is 2.96. The van der Waals surface area contributed by atoms with Crippen LogP contribution in [0.1, 0.15) is 38.2 Å². The van der Waals surface area contributed by atoms with Gasteiger partial charge in [0.25, 0.3) is 6.41 Å². The number of ether oxygens (including phenoxy) is 3. The summed E-state index contributed by atoms with van der Waals surface area (Å²) in [5, 5.41) is 10.9. The molecule has 1 fully saturated rings. The van der Waals surface area contributed by atoms with E-state index >= 15 is 0 Å². The maximum Gasteiger partial charge on any atom is 0.299 e. The number of ketones is 1. The zero-order chi connectivity index (χ0) is 24.1. The molecule has 180 valence electrons. The third-order valence-corrected chi connectivity index (χ3v) is 6.23. The molecule has 1 heterocycles. The van der Waals surface area contributed by atoms with Crippen LogP contribution in [0.4, 0.5) is 0 Å². The molecular weight excluding hydrogens is 432 g/mol. The number of aryl methyl sites for hydroxylation is 1. The van der Waals surface area contributed by atoms with Gasteiger partial charge in [-0.3, -0.25) is 21.3 Å². The number of rotatable bonds is 8. The summed E-state index contributed by atoms with van der Waals surface area (Å²) in [7, 11) is 0. The summed E-state index contributed by atoms with van der Waals surface area (Å²) in [6.45, 7) is 2.10. The molecule has 0 aromatic heterocycles. The summed E-state index contributed by atoms with van der Waals surface area (Å²) in [5.41, 5.74) is 11.5. The number of amidine groups is 1. The van der Waals surface area contributed by atoms with Crippen molar-refractivity contribution in [1.29, 1.82) is 5.41 Å². The Morgan fingerprint density at radius 3 is 2.76 bits per heavy atom. The van der Waals surface area contributed by atoms with Crippen LogP contribution in [-0.2, 0) is 20.7 Å². The molecule has 1 saturated carbocycles. The van der Waals surface area contributed by atoms with Gasteiger partial charge in [0.2, 0.25) is 0 Å². The standard InChI is InChI=1S/C26H32N4O4/c1-2-17-10-12-18(13-11-17)34-26(15-6-5-9-22(27)28)16-14-21-23(33-25(29)32-21)24(26)30-19-7-3-4-8-20(19)31/h5-6,9-16,19,24-25,30H,2-4,7-8,29H2,1H3,(H3,27,28)/b9-5?,15-6+. The van der Waals surface area contributed by atoms with Crippen LogP contribution in [0.15, 0.2) is 72.2 Å². The fourth-order valence-electron chi connectivity index (χ4n) is 4.44. The Hall–Kier alpha value is -3.36. The molecule has 3 aliphatic rings. The second kappa shape index (κ2) is 10.3. The van der Waals surface area contributed by atoms with Crippen LogP contribution in [0.5, 0.6) is 5.75 Å². The highest BCUT2D eigenvalue weighted by atomic mass is 16.7. The van der Waals surface area contributed by atoms with E-state index in [4.69, 9.17) is 31.1 Å². The molecule has 0 radical (unpaired) electrons. The number of hydrogen-bond donors (Lipinski definition) is 4. The smallest absolute Gasteiger partial charge is 0.299 e. The fourth-order valence-corrected chi connectivity index (χ4v) is 4.44. The lowest BCUT2D eigenvalue weighted by molar-refractivity contribution is -0.123. The minimum Gasteiger partial charge on any atom is -0.477 e. The van der Waals surface area contributed by atoms with E-state index in [2.05, 4.69) is 12.2 Å². The van der Waals surface area contributed by atoms with Crippen LogP contribution in [0, 0.1) is 5.41 Å². The zero-order valence-electron chi connectivity index (χ0n) is 19.3. The van der Waals surface area contributed by atoms with Crippen LogP contribution < -0.4 is 21.5 Å². The number of nitrogens with one attached hydrogen (secondary N) is 2. The van der Waals surface area contributed by atoms with E-state index in [-0.39, 0.29) is 17.7 Å². The minimum absolute atomic E-state index is 0.0556. The molecular formula is C26H32N4O4. The lowest BCUT2D eigenvalue weighted by Gasteiger charge is -2.40. The summed E-state index contributed by atoms with van der Waals surface area (Å²) in [5.74, 6) is 1.80. The molecule has 1 aromatic carbocycles. The highest BCUT2D eigenvalue weighted by molar-refractivity contribution is 5.88. The van der Waals surface area contributed by atoms with Crippen LogP contribution in [-0.4, -0.2) is 35.7 Å². The Kier molecular flexibility index (Phi) is 7.19. The number of carbonyl (C=O) groups excluding carboxylic acids is 1. The van der Waals surface area contributed by atoms with E-state index < -0.39 is 18.1 Å². The molecule has 0 amide bonds. The Balaban J connectivity index is 1.73. The summed E-state index contributed by atoms with van der Waals surface area (Å²) in [6, 6.07) is 7.01. The van der Waals surface area contributed by atoms with Gasteiger partial charge in [0.1, 0.15) is 23.4 Å². The van der Waals surface area contributed by atoms with E-state index in [9.17, 15) is 4.79 Å². The zero-order valence-corrected chi connectivity index (χ0v) is 19.3. The van der Waals surface area contributed by atoms with Crippen LogP contribution >= 0.6 is 0 Å². The van der Waals surface area contributed by atoms with Crippen molar-refractivity contribution >= 4 is 11.6 Å². The van der Waals surface area contributed by atoms with Crippen molar-refractivity contribution in [3.8, 4) is 5.75 Å².